The summed E-state index contributed by atoms with van der Waals surface area (Å²) in [5, 5.41) is 9.48. The Morgan fingerprint density at radius 2 is 2.26 bits per heavy atom. The maximum absolute atomic E-state index is 4.62. The lowest BCUT2D eigenvalue weighted by Crippen LogP contribution is -2.32. The Bertz CT molecular complexity index is 570. The van der Waals surface area contributed by atoms with E-state index in [4.69, 9.17) is 0 Å². The molecule has 0 amide bonds. The number of benzene rings is 1. The molecule has 0 aliphatic carbocycles. The highest BCUT2D eigenvalue weighted by Crippen LogP contribution is 2.37. The number of aryl methyl sites for hydroxylation is 1. The van der Waals surface area contributed by atoms with E-state index in [2.05, 4.69) is 53.4 Å². The summed E-state index contributed by atoms with van der Waals surface area (Å²) < 4.78 is 2.39. The Labute approximate surface area is 118 Å². The molecule has 1 atom stereocenters. The molecule has 1 aromatic heterocycles. The van der Waals surface area contributed by atoms with Crippen molar-refractivity contribution in [1.82, 2.24) is 15.1 Å². The number of aromatic nitrogens is 2. The van der Waals surface area contributed by atoms with Gasteiger partial charge in [0.05, 0.1) is 11.2 Å². The molecule has 0 radical (unpaired) electrons. The normalized spacial score (nSPS) is 23.3. The first-order chi connectivity index (χ1) is 9.18. The number of fused-ring (bicyclic) bond motifs is 1. The maximum atomic E-state index is 4.62. The van der Waals surface area contributed by atoms with Crippen molar-refractivity contribution in [1.29, 1.82) is 0 Å². The third kappa shape index (κ3) is 2.65. The highest BCUT2D eigenvalue weighted by Gasteiger charge is 2.28. The van der Waals surface area contributed by atoms with E-state index in [0.29, 0.717) is 4.75 Å². The van der Waals surface area contributed by atoms with E-state index in [1.807, 2.05) is 11.7 Å². The number of rotatable bonds is 4. The van der Waals surface area contributed by atoms with E-state index < -0.39 is 0 Å². The summed E-state index contributed by atoms with van der Waals surface area (Å²) in [6.45, 7) is 4.30. The first kappa shape index (κ1) is 13.0. The van der Waals surface area contributed by atoms with Crippen LogP contribution in [0.3, 0.4) is 0 Å². The quantitative estimate of drug-likeness (QED) is 0.930. The van der Waals surface area contributed by atoms with Crippen molar-refractivity contribution in [3.05, 3.63) is 30.0 Å². The molecule has 0 spiro atoms. The van der Waals surface area contributed by atoms with Gasteiger partial charge in [0.1, 0.15) is 0 Å². The SMILES string of the molecule is Cn1nc(CNCC2(C)CCCS2)c2ccccc21. The second-order valence-corrected chi connectivity index (χ2v) is 7.28. The Kier molecular flexibility index (Phi) is 3.54. The molecule has 3 nitrogen and oxygen atoms in total. The van der Waals surface area contributed by atoms with E-state index in [1.54, 1.807) is 0 Å². The van der Waals surface area contributed by atoms with Gasteiger partial charge < -0.3 is 5.32 Å². The van der Waals surface area contributed by atoms with Crippen LogP contribution in [0.5, 0.6) is 0 Å². The minimum Gasteiger partial charge on any atom is -0.310 e. The van der Waals surface area contributed by atoms with Gasteiger partial charge in [0, 0.05) is 30.3 Å². The molecule has 1 aromatic carbocycles. The summed E-state index contributed by atoms with van der Waals surface area (Å²) in [6, 6.07) is 8.43. The highest BCUT2D eigenvalue weighted by molar-refractivity contribution is 8.00. The average Bonchev–Trinajstić information content (AvgIpc) is 2.96. The van der Waals surface area contributed by atoms with Gasteiger partial charge in [-0.05, 0) is 31.6 Å². The molecular formula is C15H21N3S. The van der Waals surface area contributed by atoms with Crippen LogP contribution in [0.2, 0.25) is 0 Å². The van der Waals surface area contributed by atoms with Gasteiger partial charge >= 0.3 is 0 Å². The maximum Gasteiger partial charge on any atom is 0.0841 e. The van der Waals surface area contributed by atoms with Crippen LogP contribution >= 0.6 is 11.8 Å². The van der Waals surface area contributed by atoms with Crippen molar-refractivity contribution < 1.29 is 0 Å². The Morgan fingerprint density at radius 1 is 1.42 bits per heavy atom. The second-order valence-electron chi connectivity index (χ2n) is 5.59. The van der Waals surface area contributed by atoms with Gasteiger partial charge in [-0.3, -0.25) is 4.68 Å². The van der Waals surface area contributed by atoms with Crippen molar-refractivity contribution in [3.8, 4) is 0 Å². The van der Waals surface area contributed by atoms with Crippen LogP contribution in [0.1, 0.15) is 25.5 Å². The van der Waals surface area contributed by atoms with Gasteiger partial charge in [0.2, 0.25) is 0 Å². The minimum absolute atomic E-state index is 0.421. The molecule has 102 valence electrons. The number of thioether (sulfide) groups is 1. The summed E-state index contributed by atoms with van der Waals surface area (Å²) in [4.78, 5) is 0. The number of nitrogens with zero attached hydrogens (tertiary/aromatic N) is 2. The van der Waals surface area contributed by atoms with Crippen LogP contribution in [-0.4, -0.2) is 26.8 Å². The van der Waals surface area contributed by atoms with Gasteiger partial charge in [0.25, 0.3) is 0 Å². The molecule has 19 heavy (non-hydrogen) atoms. The largest absolute Gasteiger partial charge is 0.310 e. The average molecular weight is 275 g/mol. The van der Waals surface area contributed by atoms with Crippen molar-refractivity contribution in [2.24, 2.45) is 7.05 Å². The van der Waals surface area contributed by atoms with Gasteiger partial charge in [-0.25, -0.2) is 0 Å². The summed E-state index contributed by atoms with van der Waals surface area (Å²) in [7, 11) is 2.01. The Balaban J connectivity index is 1.68. The van der Waals surface area contributed by atoms with E-state index in [1.165, 1.54) is 29.5 Å². The van der Waals surface area contributed by atoms with E-state index in [-0.39, 0.29) is 0 Å². The highest BCUT2D eigenvalue weighted by atomic mass is 32.2. The van der Waals surface area contributed by atoms with Crippen molar-refractivity contribution >= 4 is 22.7 Å². The van der Waals surface area contributed by atoms with Crippen LogP contribution in [-0.2, 0) is 13.6 Å². The lowest BCUT2D eigenvalue weighted by Gasteiger charge is -2.22. The molecule has 0 saturated carbocycles. The molecule has 3 rings (SSSR count). The Morgan fingerprint density at radius 3 is 3.05 bits per heavy atom. The van der Waals surface area contributed by atoms with Gasteiger partial charge in [-0.1, -0.05) is 18.2 Å². The Hall–Kier alpha value is -1.00. The first-order valence-corrected chi connectivity index (χ1v) is 7.92. The fourth-order valence-corrected chi connectivity index (χ4v) is 4.12. The van der Waals surface area contributed by atoms with Crippen LogP contribution in [0.15, 0.2) is 24.3 Å². The molecule has 0 bridgehead atoms. The molecule has 1 N–H and O–H groups in total. The molecule has 1 aliphatic heterocycles. The van der Waals surface area contributed by atoms with Gasteiger partial charge in [0.15, 0.2) is 0 Å². The molecule has 4 heteroatoms. The topological polar surface area (TPSA) is 29.9 Å². The van der Waals surface area contributed by atoms with Crippen LogP contribution in [0.25, 0.3) is 10.9 Å². The standard InChI is InChI=1S/C15H21N3S/c1-15(8-5-9-19-15)11-16-10-13-12-6-3-4-7-14(12)18(2)17-13/h3-4,6-7,16H,5,8-11H2,1-2H3. The van der Waals surface area contributed by atoms with Crippen LogP contribution < -0.4 is 5.32 Å². The number of nitrogens with one attached hydrogen (secondary N) is 1. The lowest BCUT2D eigenvalue weighted by atomic mass is 10.1. The zero-order chi connectivity index (χ0) is 13.3. The summed E-state index contributed by atoms with van der Waals surface area (Å²) in [6.07, 6.45) is 2.68. The third-order valence-corrected chi connectivity index (χ3v) is 5.46. The van der Waals surface area contributed by atoms with Crippen molar-refractivity contribution in [2.75, 3.05) is 12.3 Å². The first-order valence-electron chi connectivity index (χ1n) is 6.93. The third-order valence-electron chi connectivity index (χ3n) is 3.93. The summed E-state index contributed by atoms with van der Waals surface area (Å²) >= 11 is 2.10. The van der Waals surface area contributed by atoms with Gasteiger partial charge in [-0.15, -0.1) is 0 Å². The second kappa shape index (κ2) is 5.17. The zero-order valence-electron chi connectivity index (χ0n) is 11.6. The molecule has 1 aliphatic rings. The summed E-state index contributed by atoms with van der Waals surface area (Å²) in [5.41, 5.74) is 2.37. The molecule has 1 fully saturated rings. The number of hydrogen-bond donors (Lipinski definition) is 1. The fourth-order valence-electron chi connectivity index (χ4n) is 2.84. The van der Waals surface area contributed by atoms with E-state index in [0.717, 1.165) is 18.8 Å². The predicted molar refractivity (Wildman–Crippen MR) is 82.5 cm³/mol. The predicted octanol–water partition coefficient (Wildman–Crippen LogP) is 2.95. The fraction of sp³-hybridized carbons (Fsp3) is 0.533. The van der Waals surface area contributed by atoms with Crippen molar-refractivity contribution in [2.45, 2.75) is 31.1 Å². The minimum atomic E-state index is 0.421. The molecule has 1 unspecified atom stereocenters. The monoisotopic (exact) mass is 275 g/mol. The van der Waals surface area contributed by atoms with Crippen molar-refractivity contribution in [3.63, 3.8) is 0 Å². The van der Waals surface area contributed by atoms with E-state index in [9.17, 15) is 0 Å². The molecule has 1 saturated heterocycles. The molecular weight excluding hydrogens is 254 g/mol. The van der Waals surface area contributed by atoms with E-state index >= 15 is 0 Å². The van der Waals surface area contributed by atoms with Crippen LogP contribution in [0.4, 0.5) is 0 Å². The summed E-state index contributed by atoms with van der Waals surface area (Å²) in [5.74, 6) is 1.31. The molecule has 2 heterocycles. The molecule has 2 aromatic rings. The zero-order valence-corrected chi connectivity index (χ0v) is 12.5. The number of para-hydroxylation sites is 1. The van der Waals surface area contributed by atoms with Crippen LogP contribution in [0, 0.1) is 0 Å². The lowest BCUT2D eigenvalue weighted by molar-refractivity contribution is 0.532. The smallest absolute Gasteiger partial charge is 0.0841 e. The number of hydrogen-bond acceptors (Lipinski definition) is 3. The van der Waals surface area contributed by atoms with Gasteiger partial charge in [-0.2, -0.15) is 16.9 Å².